The number of Topliss-reactive ketones (excluding diaryl/α,β-unsaturated/α-hetero) is 1. The topological polar surface area (TPSA) is 68.7 Å². The number of rotatable bonds is 6. The maximum absolute atomic E-state index is 12.9. The number of hydrogen-bond donors (Lipinski definition) is 0. The number of ether oxygens (including phenoxy) is 2. The quantitative estimate of drug-likeness (QED) is 0.430. The van der Waals surface area contributed by atoms with Gasteiger partial charge >= 0.3 is 0 Å². The molecule has 2 heterocycles. The lowest BCUT2D eigenvalue weighted by Gasteiger charge is -2.31. The van der Waals surface area contributed by atoms with Crippen LogP contribution >= 0.6 is 15.9 Å². The predicted octanol–water partition coefficient (Wildman–Crippen LogP) is 5.38. The molecule has 1 aliphatic rings. The molecule has 0 bridgehead atoms. The largest absolute Gasteiger partial charge is 0.497 e. The van der Waals surface area contributed by atoms with E-state index in [0.717, 1.165) is 10.2 Å². The molecule has 6 nitrogen and oxygen atoms in total. The molecule has 0 radical (unpaired) electrons. The minimum atomic E-state index is -0.0816. The number of ketones is 1. The number of methoxy groups -OCH3 is 1. The Bertz CT molecular complexity index is 1090. The van der Waals surface area contributed by atoms with Crippen LogP contribution in [0.5, 0.6) is 17.4 Å². The highest BCUT2D eigenvalue weighted by Crippen LogP contribution is 2.25. The Morgan fingerprint density at radius 2 is 1.69 bits per heavy atom. The summed E-state index contributed by atoms with van der Waals surface area (Å²) >= 11 is 3.41. The average molecular weight is 495 g/mol. The van der Waals surface area contributed by atoms with E-state index in [1.807, 2.05) is 24.3 Å². The molecule has 3 aromatic rings. The van der Waals surface area contributed by atoms with Gasteiger partial charge in [-0.05, 0) is 61.4 Å². The molecule has 1 saturated heterocycles. The van der Waals surface area contributed by atoms with Crippen LogP contribution in [0.4, 0.5) is 0 Å². The molecule has 164 valence electrons. The molecule has 1 aliphatic heterocycles. The van der Waals surface area contributed by atoms with Gasteiger partial charge in [0.05, 0.1) is 12.7 Å². The van der Waals surface area contributed by atoms with Gasteiger partial charge < -0.3 is 14.4 Å². The summed E-state index contributed by atoms with van der Waals surface area (Å²) in [5, 5.41) is 0. The van der Waals surface area contributed by atoms with E-state index in [9.17, 15) is 9.59 Å². The maximum atomic E-state index is 12.9. The van der Waals surface area contributed by atoms with E-state index in [4.69, 9.17) is 9.47 Å². The molecule has 0 aliphatic carbocycles. The zero-order chi connectivity index (χ0) is 22.5. The van der Waals surface area contributed by atoms with E-state index in [2.05, 4.69) is 20.9 Å². The molecule has 0 atom stereocenters. The van der Waals surface area contributed by atoms with Gasteiger partial charge in [-0.1, -0.05) is 22.0 Å². The van der Waals surface area contributed by atoms with Crippen molar-refractivity contribution in [2.24, 2.45) is 5.92 Å². The van der Waals surface area contributed by atoms with Crippen LogP contribution < -0.4 is 9.47 Å². The third-order valence-electron chi connectivity index (χ3n) is 5.53. The molecule has 1 aromatic heterocycles. The van der Waals surface area contributed by atoms with Gasteiger partial charge in [-0.3, -0.25) is 9.59 Å². The lowest BCUT2D eigenvalue weighted by molar-refractivity contribution is 0.0650. The number of halogens is 1. The Morgan fingerprint density at radius 1 is 0.969 bits per heavy atom. The summed E-state index contributed by atoms with van der Waals surface area (Å²) in [6.07, 6.45) is 2.83. The van der Waals surface area contributed by atoms with Gasteiger partial charge in [0.15, 0.2) is 5.78 Å². The summed E-state index contributed by atoms with van der Waals surface area (Å²) in [6, 6.07) is 18.1. The second kappa shape index (κ2) is 9.96. The Hall–Kier alpha value is -3.19. The van der Waals surface area contributed by atoms with Crippen molar-refractivity contribution in [2.45, 2.75) is 12.8 Å². The normalized spacial score (nSPS) is 14.1. The average Bonchev–Trinajstić information content (AvgIpc) is 2.84. The standard InChI is InChI=1S/C25H23BrN2O4/c1-31-21-8-5-17(6-9-21)24(29)18-11-13-28(14-12-18)25(30)19-7-10-23(27-16-19)32-22-4-2-3-20(26)15-22/h2-10,15-16,18H,11-14H2,1H3. The summed E-state index contributed by atoms with van der Waals surface area (Å²) < 4.78 is 11.8. The number of aromatic nitrogens is 1. The van der Waals surface area contributed by atoms with Crippen LogP contribution in [0.15, 0.2) is 71.3 Å². The Kier molecular flexibility index (Phi) is 6.85. The minimum Gasteiger partial charge on any atom is -0.497 e. The molecule has 2 aromatic carbocycles. The smallest absolute Gasteiger partial charge is 0.255 e. The van der Waals surface area contributed by atoms with E-state index in [1.165, 1.54) is 6.20 Å². The molecule has 4 rings (SSSR count). The molecule has 1 fully saturated rings. The first-order valence-electron chi connectivity index (χ1n) is 10.4. The molecule has 1 amide bonds. The monoisotopic (exact) mass is 494 g/mol. The van der Waals surface area contributed by atoms with Crippen molar-refractivity contribution in [3.05, 3.63) is 82.5 Å². The summed E-state index contributed by atoms with van der Waals surface area (Å²) in [7, 11) is 1.60. The first-order valence-corrected chi connectivity index (χ1v) is 11.2. The molecular weight excluding hydrogens is 472 g/mol. The van der Waals surface area contributed by atoms with Gasteiger partial charge in [0.1, 0.15) is 11.5 Å². The van der Waals surface area contributed by atoms with Crippen molar-refractivity contribution in [3.63, 3.8) is 0 Å². The Labute approximate surface area is 195 Å². The summed E-state index contributed by atoms with van der Waals surface area (Å²) in [4.78, 5) is 31.7. The second-order valence-electron chi connectivity index (χ2n) is 7.60. The number of amides is 1. The first kappa shape index (κ1) is 22.0. The number of piperidine rings is 1. The van der Waals surface area contributed by atoms with E-state index < -0.39 is 0 Å². The van der Waals surface area contributed by atoms with Crippen LogP contribution in [0.25, 0.3) is 0 Å². The van der Waals surface area contributed by atoms with Crippen LogP contribution in [0.3, 0.4) is 0 Å². The molecule has 32 heavy (non-hydrogen) atoms. The second-order valence-corrected chi connectivity index (χ2v) is 8.52. The van der Waals surface area contributed by atoms with Gasteiger partial charge in [0.2, 0.25) is 5.88 Å². The summed E-state index contributed by atoms with van der Waals surface area (Å²) in [5.74, 6) is 1.77. The van der Waals surface area contributed by atoms with Crippen LogP contribution in [-0.2, 0) is 0 Å². The molecule has 0 spiro atoms. The summed E-state index contributed by atoms with van der Waals surface area (Å²) in [6.45, 7) is 1.09. The Morgan fingerprint density at radius 3 is 2.31 bits per heavy atom. The SMILES string of the molecule is COc1ccc(C(=O)C2CCN(C(=O)c3ccc(Oc4cccc(Br)c4)nc3)CC2)cc1. The predicted molar refractivity (Wildman–Crippen MR) is 124 cm³/mol. The highest BCUT2D eigenvalue weighted by molar-refractivity contribution is 9.10. The van der Waals surface area contributed by atoms with Crippen LogP contribution in [-0.4, -0.2) is 41.8 Å². The number of carbonyl (C=O) groups excluding carboxylic acids is 2. The molecule has 0 unspecified atom stereocenters. The third kappa shape index (κ3) is 5.16. The summed E-state index contributed by atoms with van der Waals surface area (Å²) in [5.41, 5.74) is 1.19. The first-order chi connectivity index (χ1) is 15.5. The fourth-order valence-corrected chi connectivity index (χ4v) is 4.11. The van der Waals surface area contributed by atoms with Crippen molar-refractivity contribution in [1.82, 2.24) is 9.88 Å². The van der Waals surface area contributed by atoms with Crippen molar-refractivity contribution in [1.29, 1.82) is 0 Å². The fourth-order valence-electron chi connectivity index (χ4n) is 3.74. The highest BCUT2D eigenvalue weighted by atomic mass is 79.9. The number of nitrogens with zero attached hydrogens (tertiary/aromatic N) is 2. The van der Waals surface area contributed by atoms with Crippen LogP contribution in [0.2, 0.25) is 0 Å². The molecular formula is C25H23BrN2O4. The van der Waals surface area contributed by atoms with E-state index in [0.29, 0.717) is 48.7 Å². The Balaban J connectivity index is 1.33. The van der Waals surface area contributed by atoms with Crippen molar-refractivity contribution < 1.29 is 19.1 Å². The zero-order valence-corrected chi connectivity index (χ0v) is 19.2. The van der Waals surface area contributed by atoms with Crippen molar-refractivity contribution in [3.8, 4) is 17.4 Å². The number of benzene rings is 2. The molecule has 0 N–H and O–H groups in total. The van der Waals surface area contributed by atoms with E-state index in [1.54, 1.807) is 48.4 Å². The van der Waals surface area contributed by atoms with Gasteiger partial charge in [-0.25, -0.2) is 4.98 Å². The third-order valence-corrected chi connectivity index (χ3v) is 6.02. The van der Waals surface area contributed by atoms with E-state index >= 15 is 0 Å². The minimum absolute atomic E-state index is 0.0773. The zero-order valence-electron chi connectivity index (χ0n) is 17.7. The van der Waals surface area contributed by atoms with Crippen LogP contribution in [0, 0.1) is 5.92 Å². The number of hydrogen-bond acceptors (Lipinski definition) is 5. The highest BCUT2D eigenvalue weighted by Gasteiger charge is 2.28. The number of pyridine rings is 1. The lowest BCUT2D eigenvalue weighted by Crippen LogP contribution is -2.40. The molecule has 0 saturated carbocycles. The van der Waals surface area contributed by atoms with Gasteiger partial charge in [-0.15, -0.1) is 0 Å². The molecule has 7 heteroatoms. The van der Waals surface area contributed by atoms with Crippen molar-refractivity contribution in [2.75, 3.05) is 20.2 Å². The van der Waals surface area contributed by atoms with Gasteiger partial charge in [0, 0.05) is 41.3 Å². The number of carbonyl (C=O) groups is 2. The lowest BCUT2D eigenvalue weighted by atomic mass is 9.88. The number of likely N-dealkylation sites (tertiary alicyclic amines) is 1. The van der Waals surface area contributed by atoms with Crippen LogP contribution in [0.1, 0.15) is 33.6 Å². The van der Waals surface area contributed by atoms with Gasteiger partial charge in [-0.2, -0.15) is 0 Å². The maximum Gasteiger partial charge on any atom is 0.255 e. The van der Waals surface area contributed by atoms with Gasteiger partial charge in [0.25, 0.3) is 5.91 Å². The fraction of sp³-hybridized carbons (Fsp3) is 0.240. The van der Waals surface area contributed by atoms with Crippen molar-refractivity contribution >= 4 is 27.6 Å². The van der Waals surface area contributed by atoms with E-state index in [-0.39, 0.29) is 17.6 Å².